The third-order valence-corrected chi connectivity index (χ3v) is 2.97. The number of rotatable bonds is 5. The van der Waals surface area contributed by atoms with Crippen LogP contribution in [0.5, 0.6) is 0 Å². The van der Waals surface area contributed by atoms with Crippen molar-refractivity contribution in [3.05, 3.63) is 0 Å². The van der Waals surface area contributed by atoms with Crippen LogP contribution < -0.4 is 9.44 Å². The van der Waals surface area contributed by atoms with E-state index in [2.05, 4.69) is 9.44 Å². The topological polar surface area (TPSA) is 75.3 Å². The summed E-state index contributed by atoms with van der Waals surface area (Å²) in [5, 5.41) is 0. The van der Waals surface area contributed by atoms with E-state index in [1.165, 1.54) is 0 Å². The molecular weight excluding hydrogens is 180 g/mol. The van der Waals surface area contributed by atoms with Crippen LogP contribution in [-0.2, 0) is 15.0 Å². The Bertz CT molecular complexity index is 246. The lowest BCUT2D eigenvalue weighted by Crippen LogP contribution is -2.46. The van der Waals surface area contributed by atoms with Gasteiger partial charge in [-0.2, -0.15) is 17.9 Å². The Labute approximate surface area is 71.7 Å². The van der Waals surface area contributed by atoms with E-state index in [1.807, 2.05) is 0 Å². The van der Waals surface area contributed by atoms with Crippen LogP contribution in [0.2, 0.25) is 0 Å². The zero-order valence-corrected chi connectivity index (χ0v) is 7.43. The molecule has 1 saturated carbocycles. The van der Waals surface area contributed by atoms with E-state index in [-0.39, 0.29) is 12.6 Å². The van der Waals surface area contributed by atoms with Gasteiger partial charge < -0.3 is 4.79 Å². The molecule has 0 radical (unpaired) electrons. The molecule has 0 aliphatic heterocycles. The lowest BCUT2D eigenvalue weighted by Gasteiger charge is -2.25. The number of nitrogens with one attached hydrogen (secondary N) is 2. The van der Waals surface area contributed by atoms with Gasteiger partial charge >= 0.3 is 0 Å². The molecule has 12 heavy (non-hydrogen) atoms. The highest BCUT2D eigenvalue weighted by molar-refractivity contribution is 7.87. The second kappa shape index (κ2) is 3.97. The average Bonchev–Trinajstić information content (AvgIpc) is 1.94. The average molecular weight is 192 g/mol. The molecule has 5 nitrogen and oxygen atoms in total. The summed E-state index contributed by atoms with van der Waals surface area (Å²) < 4.78 is 26.6. The minimum absolute atomic E-state index is 0.0640. The van der Waals surface area contributed by atoms with Crippen molar-refractivity contribution in [1.82, 2.24) is 9.44 Å². The molecule has 0 aromatic rings. The van der Waals surface area contributed by atoms with Crippen molar-refractivity contribution in [1.29, 1.82) is 0 Å². The molecule has 1 rings (SSSR count). The van der Waals surface area contributed by atoms with Gasteiger partial charge in [-0.05, 0) is 12.8 Å². The molecule has 0 aromatic heterocycles. The number of aldehydes is 1. The van der Waals surface area contributed by atoms with Crippen molar-refractivity contribution in [2.45, 2.75) is 25.3 Å². The summed E-state index contributed by atoms with van der Waals surface area (Å²) in [7, 11) is -3.44. The first-order valence-corrected chi connectivity index (χ1v) is 5.33. The predicted molar refractivity (Wildman–Crippen MR) is 43.8 cm³/mol. The SMILES string of the molecule is O=CCNS(=O)(=O)NC1CCC1. The molecule has 1 fully saturated rings. The van der Waals surface area contributed by atoms with Gasteiger partial charge in [0.15, 0.2) is 0 Å². The Balaban J connectivity index is 2.31. The van der Waals surface area contributed by atoms with E-state index < -0.39 is 10.2 Å². The fraction of sp³-hybridized carbons (Fsp3) is 0.833. The van der Waals surface area contributed by atoms with E-state index >= 15 is 0 Å². The highest BCUT2D eigenvalue weighted by Gasteiger charge is 2.22. The van der Waals surface area contributed by atoms with Gasteiger partial charge in [-0.25, -0.2) is 0 Å². The molecule has 0 unspecified atom stereocenters. The van der Waals surface area contributed by atoms with Crippen LogP contribution in [-0.4, -0.2) is 27.3 Å². The zero-order valence-electron chi connectivity index (χ0n) is 6.62. The van der Waals surface area contributed by atoms with Crippen LogP contribution in [0.25, 0.3) is 0 Å². The Morgan fingerprint density at radius 1 is 1.42 bits per heavy atom. The van der Waals surface area contributed by atoms with Crippen LogP contribution in [0, 0.1) is 0 Å². The fourth-order valence-electron chi connectivity index (χ4n) is 0.931. The molecule has 0 aromatic carbocycles. The Morgan fingerprint density at radius 2 is 2.08 bits per heavy atom. The van der Waals surface area contributed by atoms with Crippen LogP contribution in [0.4, 0.5) is 0 Å². The summed E-state index contributed by atoms with van der Waals surface area (Å²) in [4.78, 5) is 9.87. The Morgan fingerprint density at radius 3 is 2.50 bits per heavy atom. The second-order valence-corrected chi connectivity index (χ2v) is 4.30. The molecule has 0 spiro atoms. The number of hydrogen-bond donors (Lipinski definition) is 2. The molecule has 2 N–H and O–H groups in total. The molecule has 0 bridgehead atoms. The van der Waals surface area contributed by atoms with Crippen molar-refractivity contribution < 1.29 is 13.2 Å². The van der Waals surface area contributed by atoms with E-state index in [9.17, 15) is 13.2 Å². The van der Waals surface area contributed by atoms with Crippen molar-refractivity contribution >= 4 is 16.5 Å². The Hall–Kier alpha value is -0.460. The van der Waals surface area contributed by atoms with Gasteiger partial charge in [0.1, 0.15) is 6.29 Å². The zero-order chi connectivity index (χ0) is 9.03. The molecule has 0 atom stereocenters. The predicted octanol–water partition coefficient (Wildman–Crippen LogP) is -0.838. The van der Waals surface area contributed by atoms with Crippen LogP contribution >= 0.6 is 0 Å². The van der Waals surface area contributed by atoms with Crippen molar-refractivity contribution in [3.8, 4) is 0 Å². The standard InChI is InChI=1S/C6H12N2O3S/c9-5-4-7-12(10,11)8-6-2-1-3-6/h5-8H,1-4H2. The van der Waals surface area contributed by atoms with Gasteiger partial charge in [-0.3, -0.25) is 0 Å². The minimum Gasteiger partial charge on any atom is -0.302 e. The first kappa shape index (κ1) is 9.63. The van der Waals surface area contributed by atoms with Crippen LogP contribution in [0.3, 0.4) is 0 Å². The maximum absolute atomic E-state index is 11.0. The second-order valence-electron chi connectivity index (χ2n) is 2.76. The summed E-state index contributed by atoms with van der Waals surface area (Å²) in [6, 6.07) is 0.0640. The van der Waals surface area contributed by atoms with E-state index in [4.69, 9.17) is 0 Å². The molecule has 0 heterocycles. The quantitative estimate of drug-likeness (QED) is 0.558. The third kappa shape index (κ3) is 2.88. The summed E-state index contributed by atoms with van der Waals surface area (Å²) in [6.07, 6.45) is 3.37. The smallest absolute Gasteiger partial charge is 0.277 e. The normalized spacial score (nSPS) is 18.7. The third-order valence-electron chi connectivity index (χ3n) is 1.78. The molecule has 70 valence electrons. The highest BCUT2D eigenvalue weighted by atomic mass is 32.2. The van der Waals surface area contributed by atoms with Gasteiger partial charge in [0.05, 0.1) is 6.54 Å². The lowest BCUT2D eigenvalue weighted by molar-refractivity contribution is -0.106. The Kier molecular flexibility index (Phi) is 3.19. The van der Waals surface area contributed by atoms with E-state index in [0.717, 1.165) is 19.3 Å². The molecular formula is C6H12N2O3S. The molecule has 0 amide bonds. The maximum Gasteiger partial charge on any atom is 0.277 e. The minimum atomic E-state index is -3.44. The molecule has 1 aliphatic carbocycles. The number of carbonyl (C=O) groups is 1. The number of hydrogen-bond acceptors (Lipinski definition) is 3. The summed E-state index contributed by atoms with van der Waals surface area (Å²) in [6.45, 7) is -0.165. The first-order valence-electron chi connectivity index (χ1n) is 3.84. The highest BCUT2D eigenvalue weighted by Crippen LogP contribution is 2.18. The van der Waals surface area contributed by atoms with Gasteiger partial charge in [0.2, 0.25) is 0 Å². The summed E-state index contributed by atoms with van der Waals surface area (Å²) in [5.41, 5.74) is 0. The van der Waals surface area contributed by atoms with Crippen molar-refractivity contribution in [2.75, 3.05) is 6.54 Å². The van der Waals surface area contributed by atoms with Crippen LogP contribution in [0.15, 0.2) is 0 Å². The van der Waals surface area contributed by atoms with Gasteiger partial charge in [0.25, 0.3) is 10.2 Å². The molecule has 1 aliphatic rings. The van der Waals surface area contributed by atoms with Gasteiger partial charge in [-0.1, -0.05) is 6.42 Å². The molecule has 6 heteroatoms. The summed E-state index contributed by atoms with van der Waals surface area (Å²) >= 11 is 0. The molecule has 0 saturated heterocycles. The van der Waals surface area contributed by atoms with Gasteiger partial charge in [-0.15, -0.1) is 0 Å². The first-order chi connectivity index (χ1) is 5.64. The monoisotopic (exact) mass is 192 g/mol. The fourth-order valence-corrected chi connectivity index (χ4v) is 1.98. The van der Waals surface area contributed by atoms with Gasteiger partial charge in [0, 0.05) is 6.04 Å². The summed E-state index contributed by atoms with van der Waals surface area (Å²) in [5.74, 6) is 0. The van der Waals surface area contributed by atoms with Crippen molar-refractivity contribution in [3.63, 3.8) is 0 Å². The van der Waals surface area contributed by atoms with Crippen molar-refractivity contribution in [2.24, 2.45) is 0 Å². The van der Waals surface area contributed by atoms with E-state index in [0.29, 0.717) is 6.29 Å². The largest absolute Gasteiger partial charge is 0.302 e. The van der Waals surface area contributed by atoms with E-state index in [1.54, 1.807) is 0 Å². The maximum atomic E-state index is 11.0. The number of carbonyl (C=O) groups excluding carboxylic acids is 1. The van der Waals surface area contributed by atoms with Crippen LogP contribution in [0.1, 0.15) is 19.3 Å². The lowest BCUT2D eigenvalue weighted by atomic mass is 9.94.